The molecule has 0 radical (unpaired) electrons. The van der Waals surface area contributed by atoms with Crippen LogP contribution in [0.1, 0.15) is 73.2 Å². The summed E-state index contributed by atoms with van der Waals surface area (Å²) in [6.07, 6.45) is 6.39. The van der Waals surface area contributed by atoms with Crippen molar-refractivity contribution in [1.82, 2.24) is 30.4 Å². The Balaban J connectivity index is 1.25. The van der Waals surface area contributed by atoms with Gasteiger partial charge in [-0.05, 0) is 81.2 Å². The first kappa shape index (κ1) is 26.6. The quantitative estimate of drug-likeness (QED) is 0.365. The molecule has 1 saturated heterocycles. The first-order chi connectivity index (χ1) is 18.3. The molecule has 0 bridgehead atoms. The van der Waals surface area contributed by atoms with E-state index >= 15 is 4.39 Å². The highest BCUT2D eigenvalue weighted by Crippen LogP contribution is 2.37. The first-order valence-corrected chi connectivity index (χ1v) is 13.8. The zero-order chi connectivity index (χ0) is 26.9. The van der Waals surface area contributed by atoms with Gasteiger partial charge in [0.25, 0.3) is 0 Å². The molecular weight excluding hydrogens is 505 g/mol. The van der Waals surface area contributed by atoms with Crippen LogP contribution >= 0.6 is 11.6 Å². The lowest BCUT2D eigenvalue weighted by atomic mass is 9.75. The van der Waals surface area contributed by atoms with Crippen LogP contribution in [0.4, 0.5) is 16.0 Å². The van der Waals surface area contributed by atoms with E-state index in [0.717, 1.165) is 55.5 Å². The lowest BCUT2D eigenvalue weighted by Gasteiger charge is -2.45. The third-order valence-corrected chi connectivity index (χ3v) is 8.16. The van der Waals surface area contributed by atoms with Crippen LogP contribution in [-0.2, 0) is 11.2 Å². The van der Waals surface area contributed by atoms with Crippen LogP contribution in [0.2, 0.25) is 5.02 Å². The number of hydrogen-bond donors (Lipinski definition) is 3. The standard InChI is InChI=1S/C28H35ClFN7O/c1-4-32-28(8-5-9-28)27(38)37-10-6-19(7-11-37)21-15-23(30)20(12-17(21)2)14-24-31-16-22(29)26(33-24)34-25-13-18(3)35-36-25/h12-13,15-16,19,32H,4-11,14H2,1-3H3,(H2,31,33,34,35,36). The van der Waals surface area contributed by atoms with E-state index in [9.17, 15) is 4.79 Å². The van der Waals surface area contributed by atoms with Crippen LogP contribution in [0.3, 0.4) is 0 Å². The van der Waals surface area contributed by atoms with E-state index in [1.165, 1.54) is 6.20 Å². The minimum atomic E-state index is -0.360. The minimum Gasteiger partial charge on any atom is -0.341 e. The number of nitrogens with zero attached hydrogens (tertiary/aromatic N) is 4. The van der Waals surface area contributed by atoms with Gasteiger partial charge in [0.1, 0.15) is 16.7 Å². The summed E-state index contributed by atoms with van der Waals surface area (Å²) in [5.41, 5.74) is 3.16. The average molecular weight is 540 g/mol. The van der Waals surface area contributed by atoms with Gasteiger partial charge in [-0.15, -0.1) is 0 Å². The number of piperidine rings is 1. The SMILES string of the molecule is CCNC1(C(=O)N2CCC(c3cc(F)c(Cc4ncc(Cl)c(Nc5cc(C)[nH]n5)n4)cc3C)CC2)CCC1. The average Bonchev–Trinajstić information content (AvgIpc) is 3.29. The van der Waals surface area contributed by atoms with Gasteiger partial charge in [-0.1, -0.05) is 24.6 Å². The number of likely N-dealkylation sites (N-methyl/N-ethyl adjacent to an activating group) is 1. The van der Waals surface area contributed by atoms with Crippen LogP contribution in [0.5, 0.6) is 0 Å². The van der Waals surface area contributed by atoms with Gasteiger partial charge in [-0.3, -0.25) is 9.89 Å². The Morgan fingerprint density at radius 3 is 2.63 bits per heavy atom. The van der Waals surface area contributed by atoms with Crippen molar-refractivity contribution in [3.05, 3.63) is 63.4 Å². The maximum absolute atomic E-state index is 15.3. The molecule has 2 fully saturated rings. The maximum atomic E-state index is 15.3. The van der Waals surface area contributed by atoms with Gasteiger partial charge < -0.3 is 15.5 Å². The summed E-state index contributed by atoms with van der Waals surface area (Å²) in [6.45, 7) is 8.21. The zero-order valence-corrected chi connectivity index (χ0v) is 23.0. The molecule has 3 aromatic rings. The van der Waals surface area contributed by atoms with Gasteiger partial charge in [0.05, 0.1) is 11.7 Å². The molecule has 3 N–H and O–H groups in total. The summed E-state index contributed by atoms with van der Waals surface area (Å²) < 4.78 is 15.3. The van der Waals surface area contributed by atoms with Crippen molar-refractivity contribution in [2.45, 2.75) is 70.8 Å². The summed E-state index contributed by atoms with van der Waals surface area (Å²) in [6, 6.07) is 5.41. The molecule has 1 saturated carbocycles. The van der Waals surface area contributed by atoms with Gasteiger partial charge in [-0.25, -0.2) is 14.4 Å². The fourth-order valence-corrected chi connectivity index (χ4v) is 5.85. The molecule has 8 nitrogen and oxygen atoms in total. The zero-order valence-electron chi connectivity index (χ0n) is 22.2. The Morgan fingerprint density at radius 1 is 1.24 bits per heavy atom. The van der Waals surface area contributed by atoms with Crippen LogP contribution in [-0.4, -0.2) is 56.1 Å². The molecule has 1 aliphatic carbocycles. The number of H-pyrrole nitrogens is 1. The van der Waals surface area contributed by atoms with Crippen molar-refractivity contribution in [3.8, 4) is 0 Å². The van der Waals surface area contributed by atoms with Crippen LogP contribution in [0, 0.1) is 19.7 Å². The van der Waals surface area contributed by atoms with Crippen molar-refractivity contribution in [3.63, 3.8) is 0 Å². The largest absolute Gasteiger partial charge is 0.341 e. The minimum absolute atomic E-state index is 0.235. The van der Waals surface area contributed by atoms with E-state index < -0.39 is 0 Å². The van der Waals surface area contributed by atoms with Crippen LogP contribution < -0.4 is 10.6 Å². The van der Waals surface area contributed by atoms with E-state index in [2.05, 4.69) is 37.7 Å². The predicted octanol–water partition coefficient (Wildman–Crippen LogP) is 5.18. The van der Waals surface area contributed by atoms with Gasteiger partial charge in [0, 0.05) is 31.3 Å². The number of amides is 1. The lowest BCUT2D eigenvalue weighted by Crippen LogP contribution is -2.62. The van der Waals surface area contributed by atoms with Crippen molar-refractivity contribution < 1.29 is 9.18 Å². The number of benzene rings is 1. The normalized spacial score (nSPS) is 17.3. The van der Waals surface area contributed by atoms with Crippen molar-refractivity contribution >= 4 is 29.1 Å². The Hall–Kier alpha value is -3.04. The fraction of sp³-hybridized carbons (Fsp3) is 0.500. The van der Waals surface area contributed by atoms with Crippen molar-refractivity contribution in [1.29, 1.82) is 0 Å². The number of aromatic amines is 1. The second kappa shape index (κ2) is 11.0. The molecule has 1 aromatic carbocycles. The number of likely N-dealkylation sites (tertiary alicyclic amines) is 1. The molecule has 10 heteroatoms. The molecule has 0 spiro atoms. The molecular formula is C28H35ClFN7O. The van der Waals surface area contributed by atoms with Gasteiger partial charge in [-0.2, -0.15) is 5.10 Å². The lowest BCUT2D eigenvalue weighted by molar-refractivity contribution is -0.143. The highest BCUT2D eigenvalue weighted by Gasteiger charge is 2.46. The Bertz CT molecular complexity index is 1310. The molecule has 1 amide bonds. The van der Waals surface area contributed by atoms with E-state index in [1.54, 1.807) is 6.07 Å². The number of hydrogen-bond acceptors (Lipinski definition) is 6. The predicted molar refractivity (Wildman–Crippen MR) is 146 cm³/mol. The summed E-state index contributed by atoms with van der Waals surface area (Å²) in [5, 5.41) is 13.9. The third kappa shape index (κ3) is 5.40. The summed E-state index contributed by atoms with van der Waals surface area (Å²) in [4.78, 5) is 24.0. The van der Waals surface area contributed by atoms with Crippen molar-refractivity contribution in [2.75, 3.05) is 25.0 Å². The van der Waals surface area contributed by atoms with E-state index in [1.807, 2.05) is 30.9 Å². The number of halogens is 2. The molecule has 1 aliphatic heterocycles. The maximum Gasteiger partial charge on any atom is 0.242 e. The van der Waals surface area contributed by atoms with Gasteiger partial charge in [0.2, 0.25) is 5.91 Å². The van der Waals surface area contributed by atoms with Gasteiger partial charge >= 0.3 is 0 Å². The smallest absolute Gasteiger partial charge is 0.242 e. The molecule has 2 aliphatic rings. The topological polar surface area (TPSA) is 98.8 Å². The van der Waals surface area contributed by atoms with Crippen molar-refractivity contribution in [2.24, 2.45) is 0 Å². The molecule has 3 heterocycles. The number of aryl methyl sites for hydroxylation is 2. The van der Waals surface area contributed by atoms with E-state index in [-0.39, 0.29) is 29.6 Å². The Morgan fingerprint density at radius 2 is 2.00 bits per heavy atom. The second-order valence-electron chi connectivity index (χ2n) is 10.6. The molecule has 5 rings (SSSR count). The molecule has 38 heavy (non-hydrogen) atoms. The van der Waals surface area contributed by atoms with Crippen LogP contribution in [0.25, 0.3) is 0 Å². The van der Waals surface area contributed by atoms with Crippen LogP contribution in [0.15, 0.2) is 24.4 Å². The fourth-order valence-electron chi connectivity index (χ4n) is 5.71. The Labute approximate surface area is 227 Å². The monoisotopic (exact) mass is 539 g/mol. The van der Waals surface area contributed by atoms with Gasteiger partial charge in [0.15, 0.2) is 11.6 Å². The number of carbonyl (C=O) groups is 1. The summed E-state index contributed by atoms with van der Waals surface area (Å²) in [5.74, 6) is 1.70. The molecule has 202 valence electrons. The molecule has 2 aromatic heterocycles. The highest BCUT2D eigenvalue weighted by molar-refractivity contribution is 6.32. The summed E-state index contributed by atoms with van der Waals surface area (Å²) >= 11 is 6.27. The summed E-state index contributed by atoms with van der Waals surface area (Å²) in [7, 11) is 0. The number of anilines is 2. The van der Waals surface area contributed by atoms with E-state index in [0.29, 0.717) is 41.1 Å². The number of nitrogens with one attached hydrogen (secondary N) is 3. The number of rotatable bonds is 8. The second-order valence-corrected chi connectivity index (χ2v) is 11.0. The first-order valence-electron chi connectivity index (χ1n) is 13.4. The molecule has 0 unspecified atom stereocenters. The Kier molecular flexibility index (Phi) is 7.68. The third-order valence-electron chi connectivity index (χ3n) is 7.88. The molecule has 0 atom stereocenters. The number of carbonyl (C=O) groups excluding carboxylic acids is 1. The number of aromatic nitrogens is 4. The highest BCUT2D eigenvalue weighted by atomic mass is 35.5. The van der Waals surface area contributed by atoms with E-state index in [4.69, 9.17) is 11.6 Å².